The van der Waals surface area contributed by atoms with Gasteiger partial charge in [0.2, 0.25) is 0 Å². The lowest BCUT2D eigenvalue weighted by Gasteiger charge is -2.26. The van der Waals surface area contributed by atoms with E-state index in [1.54, 1.807) is 29.2 Å². The maximum Gasteiger partial charge on any atom is 0.137 e. The Morgan fingerprint density at radius 1 is 1.04 bits per heavy atom. The Morgan fingerprint density at radius 2 is 1.92 bits per heavy atom. The fourth-order valence-electron chi connectivity index (χ4n) is 3.08. The molecule has 122 valence electrons. The topological polar surface area (TPSA) is 12.0 Å². The molecule has 1 aromatic heterocycles. The van der Waals surface area contributed by atoms with E-state index < -0.39 is 0 Å². The lowest BCUT2D eigenvalue weighted by atomic mass is 10.0. The summed E-state index contributed by atoms with van der Waals surface area (Å²) in [4.78, 5) is 2.13. The van der Waals surface area contributed by atoms with E-state index >= 15 is 0 Å². The van der Waals surface area contributed by atoms with Gasteiger partial charge < -0.3 is 5.32 Å². The molecule has 1 atom stereocenters. The van der Waals surface area contributed by atoms with Gasteiger partial charge in [0.1, 0.15) is 5.82 Å². The average Bonchev–Trinajstić information content (AvgIpc) is 3.10. The van der Waals surface area contributed by atoms with E-state index in [0.29, 0.717) is 0 Å². The molecule has 0 unspecified atom stereocenters. The summed E-state index contributed by atoms with van der Waals surface area (Å²) < 4.78 is 14.0. The highest BCUT2D eigenvalue weighted by atomic mass is 32.2. The molecular formula is C20H18FNS2. The van der Waals surface area contributed by atoms with Crippen molar-refractivity contribution in [3.8, 4) is 11.1 Å². The molecule has 1 aliphatic rings. The second kappa shape index (κ2) is 7.09. The van der Waals surface area contributed by atoms with Crippen molar-refractivity contribution in [3.63, 3.8) is 0 Å². The number of halogens is 1. The summed E-state index contributed by atoms with van der Waals surface area (Å²) >= 11 is 3.41. The number of hydrogen-bond donors (Lipinski definition) is 1. The van der Waals surface area contributed by atoms with E-state index in [1.807, 2.05) is 18.2 Å². The van der Waals surface area contributed by atoms with E-state index in [9.17, 15) is 4.39 Å². The first-order valence-corrected chi connectivity index (χ1v) is 9.95. The lowest BCUT2D eigenvalue weighted by molar-refractivity contribution is 0.499. The summed E-state index contributed by atoms with van der Waals surface area (Å²) in [6, 6.07) is 18.3. The summed E-state index contributed by atoms with van der Waals surface area (Å²) in [5.74, 6) is 0.872. The molecule has 0 spiro atoms. The number of fused-ring (bicyclic) bond motifs is 1. The lowest BCUT2D eigenvalue weighted by Crippen LogP contribution is -2.24. The predicted molar refractivity (Wildman–Crippen MR) is 101 cm³/mol. The van der Waals surface area contributed by atoms with E-state index in [2.05, 4.69) is 41.0 Å². The molecule has 0 bridgehead atoms. The number of hydrogen-bond acceptors (Lipinski definition) is 3. The summed E-state index contributed by atoms with van der Waals surface area (Å²) in [5, 5.41) is 5.82. The van der Waals surface area contributed by atoms with Crippen LogP contribution in [0.25, 0.3) is 11.1 Å². The zero-order chi connectivity index (χ0) is 16.4. The molecule has 2 aromatic carbocycles. The van der Waals surface area contributed by atoms with Crippen molar-refractivity contribution in [3.05, 3.63) is 76.2 Å². The van der Waals surface area contributed by atoms with E-state index in [1.165, 1.54) is 16.0 Å². The molecule has 4 rings (SSSR count). The molecule has 2 heterocycles. The first kappa shape index (κ1) is 15.9. The van der Waals surface area contributed by atoms with E-state index in [0.717, 1.165) is 29.2 Å². The van der Waals surface area contributed by atoms with Gasteiger partial charge in [0.05, 0.1) is 0 Å². The van der Waals surface area contributed by atoms with Crippen molar-refractivity contribution in [1.29, 1.82) is 0 Å². The van der Waals surface area contributed by atoms with Crippen LogP contribution in [0, 0.1) is 5.82 Å². The third-order valence-electron chi connectivity index (χ3n) is 4.31. The Bertz CT molecular complexity index is 829. The molecule has 1 nitrogen and oxygen atoms in total. The zero-order valence-electron chi connectivity index (χ0n) is 13.2. The van der Waals surface area contributed by atoms with Gasteiger partial charge in [-0.05, 0) is 46.4 Å². The highest BCUT2D eigenvalue weighted by molar-refractivity contribution is 7.99. The smallest absolute Gasteiger partial charge is 0.137 e. The van der Waals surface area contributed by atoms with Crippen LogP contribution in [-0.4, -0.2) is 5.75 Å². The average molecular weight is 356 g/mol. The number of benzene rings is 2. The molecule has 0 saturated heterocycles. The quantitative estimate of drug-likeness (QED) is 0.627. The largest absolute Gasteiger partial charge is 0.305 e. The standard InChI is InChI=1S/C20H18FNS2/c21-18-8-4-7-17-19(9-10-23-20(17)18)22-12-16-11-15(13-24-16)14-5-2-1-3-6-14/h1-8,11,13,19,22H,9-10,12H2/t19-/m1/s1. The SMILES string of the molecule is Fc1cccc2c1SCC[C@H]2NCc1cc(-c2ccccc2)cs1. The van der Waals surface area contributed by atoms with Crippen LogP contribution < -0.4 is 5.32 Å². The van der Waals surface area contributed by atoms with Crippen molar-refractivity contribution in [2.75, 3.05) is 5.75 Å². The fourth-order valence-corrected chi connectivity index (χ4v) is 5.06. The Kier molecular flexibility index (Phi) is 4.69. The Hall–Kier alpha value is -1.62. The van der Waals surface area contributed by atoms with Gasteiger partial charge in [0.15, 0.2) is 0 Å². The maximum atomic E-state index is 14.0. The number of nitrogens with one attached hydrogen (secondary N) is 1. The van der Waals surface area contributed by atoms with Gasteiger partial charge in [-0.2, -0.15) is 0 Å². The molecule has 0 amide bonds. The van der Waals surface area contributed by atoms with Crippen LogP contribution in [0.4, 0.5) is 4.39 Å². The predicted octanol–water partition coefficient (Wildman–Crippen LogP) is 5.88. The molecule has 24 heavy (non-hydrogen) atoms. The van der Waals surface area contributed by atoms with Crippen LogP contribution in [0.3, 0.4) is 0 Å². The molecule has 1 aliphatic heterocycles. The van der Waals surface area contributed by atoms with Gasteiger partial charge in [-0.3, -0.25) is 0 Å². The highest BCUT2D eigenvalue weighted by Crippen LogP contribution is 2.38. The normalized spacial score (nSPS) is 16.8. The minimum Gasteiger partial charge on any atom is -0.305 e. The van der Waals surface area contributed by atoms with Crippen LogP contribution in [0.5, 0.6) is 0 Å². The van der Waals surface area contributed by atoms with Gasteiger partial charge in [0.25, 0.3) is 0 Å². The minimum atomic E-state index is -0.0912. The van der Waals surface area contributed by atoms with E-state index in [-0.39, 0.29) is 11.9 Å². The molecule has 1 N–H and O–H groups in total. The second-order valence-corrected chi connectivity index (χ2v) is 8.00. The third kappa shape index (κ3) is 3.27. The minimum absolute atomic E-state index is 0.0912. The Labute approximate surface area is 149 Å². The van der Waals surface area contributed by atoms with Crippen LogP contribution in [-0.2, 0) is 6.54 Å². The third-order valence-corrected chi connectivity index (χ3v) is 6.41. The molecule has 0 saturated carbocycles. The maximum absolute atomic E-state index is 14.0. The van der Waals surface area contributed by atoms with E-state index in [4.69, 9.17) is 0 Å². The summed E-state index contributed by atoms with van der Waals surface area (Å²) in [5.41, 5.74) is 3.62. The summed E-state index contributed by atoms with van der Waals surface area (Å²) in [6.07, 6.45) is 1.04. The monoisotopic (exact) mass is 355 g/mol. The Morgan fingerprint density at radius 3 is 2.79 bits per heavy atom. The molecule has 0 radical (unpaired) electrons. The van der Waals surface area contributed by atoms with Gasteiger partial charge in [0, 0.05) is 22.4 Å². The first-order chi connectivity index (χ1) is 11.8. The van der Waals surface area contributed by atoms with Gasteiger partial charge >= 0.3 is 0 Å². The molecular weight excluding hydrogens is 337 g/mol. The van der Waals surface area contributed by atoms with Crippen LogP contribution in [0.2, 0.25) is 0 Å². The van der Waals surface area contributed by atoms with Crippen LogP contribution >= 0.6 is 23.1 Å². The van der Waals surface area contributed by atoms with Crippen LogP contribution in [0.15, 0.2) is 64.9 Å². The van der Waals surface area contributed by atoms with Gasteiger partial charge in [-0.1, -0.05) is 42.5 Å². The Balaban J connectivity index is 1.47. The highest BCUT2D eigenvalue weighted by Gasteiger charge is 2.22. The van der Waals surface area contributed by atoms with Crippen molar-refractivity contribution in [1.82, 2.24) is 5.32 Å². The summed E-state index contributed by atoms with van der Waals surface area (Å²) in [7, 11) is 0. The molecule has 0 fully saturated rings. The first-order valence-electron chi connectivity index (χ1n) is 8.09. The molecule has 3 aromatic rings. The molecule has 0 aliphatic carbocycles. The molecule has 4 heteroatoms. The van der Waals surface area contributed by atoms with Gasteiger partial charge in [-0.25, -0.2) is 4.39 Å². The van der Waals surface area contributed by atoms with Crippen molar-refractivity contribution in [2.24, 2.45) is 0 Å². The fraction of sp³-hybridized carbons (Fsp3) is 0.200. The van der Waals surface area contributed by atoms with Crippen molar-refractivity contribution in [2.45, 2.75) is 23.9 Å². The number of thioether (sulfide) groups is 1. The number of thiophene rings is 1. The summed E-state index contributed by atoms with van der Waals surface area (Å²) in [6.45, 7) is 0.822. The van der Waals surface area contributed by atoms with Gasteiger partial charge in [-0.15, -0.1) is 23.1 Å². The zero-order valence-corrected chi connectivity index (χ0v) is 14.8. The van der Waals surface area contributed by atoms with Crippen LogP contribution in [0.1, 0.15) is 22.9 Å². The van der Waals surface area contributed by atoms with Crippen molar-refractivity contribution < 1.29 is 4.39 Å². The second-order valence-electron chi connectivity index (χ2n) is 5.90. The number of rotatable bonds is 4. The van der Waals surface area contributed by atoms with Crippen molar-refractivity contribution >= 4 is 23.1 Å².